The monoisotopic (exact) mass is 503 g/mol. The molecule has 31 heavy (non-hydrogen) atoms. The number of rotatable bonds is 5. The molecule has 0 aliphatic heterocycles. The van der Waals surface area contributed by atoms with Crippen molar-refractivity contribution in [2.24, 2.45) is 11.3 Å². The highest BCUT2D eigenvalue weighted by Gasteiger charge is 2.30. The fourth-order valence-electron chi connectivity index (χ4n) is 3.82. The molecular formula is C24H27BrFN3OS. The van der Waals surface area contributed by atoms with Gasteiger partial charge in [-0.1, -0.05) is 55.4 Å². The molecule has 1 aliphatic carbocycles. The van der Waals surface area contributed by atoms with E-state index in [1.165, 1.54) is 23.9 Å². The first-order valence-corrected chi connectivity index (χ1v) is 12.1. The topological polar surface area (TPSA) is 65.8 Å². The minimum atomic E-state index is -0.499. The number of aromatic nitrogens is 1. The zero-order chi connectivity index (χ0) is 22.8. The summed E-state index contributed by atoms with van der Waals surface area (Å²) < 4.78 is 14.7. The lowest BCUT2D eigenvalue weighted by Gasteiger charge is -2.34. The highest BCUT2D eigenvalue weighted by atomic mass is 79.9. The average molecular weight is 504 g/mol. The van der Waals surface area contributed by atoms with Gasteiger partial charge in [-0.3, -0.25) is 4.79 Å². The molecule has 1 heterocycles. The second-order valence-electron chi connectivity index (χ2n) is 8.99. The molecule has 164 valence electrons. The molecule has 1 aromatic heterocycles. The molecule has 0 saturated heterocycles. The van der Waals surface area contributed by atoms with Gasteiger partial charge in [0.2, 0.25) is 5.91 Å². The first-order valence-electron chi connectivity index (χ1n) is 10.5. The molecule has 1 N–H and O–H groups in total. The maximum absolute atomic E-state index is 14.1. The first kappa shape index (κ1) is 23.7. The van der Waals surface area contributed by atoms with Gasteiger partial charge < -0.3 is 5.32 Å². The minimum absolute atomic E-state index is 0.138. The number of hydrogen-bond donors (Lipinski definition) is 1. The Morgan fingerprint density at radius 2 is 2.16 bits per heavy atom. The van der Waals surface area contributed by atoms with Gasteiger partial charge in [-0.05, 0) is 66.8 Å². The molecule has 7 heteroatoms. The Morgan fingerprint density at radius 3 is 2.77 bits per heavy atom. The lowest BCUT2D eigenvalue weighted by Crippen LogP contribution is -2.28. The van der Waals surface area contributed by atoms with Crippen molar-refractivity contribution in [3.63, 3.8) is 0 Å². The van der Waals surface area contributed by atoms with Crippen LogP contribution in [0.15, 0.2) is 33.8 Å². The Morgan fingerprint density at radius 1 is 1.42 bits per heavy atom. The van der Waals surface area contributed by atoms with Crippen molar-refractivity contribution in [2.45, 2.75) is 63.7 Å². The number of carbonyl (C=O) groups excluding carboxylic acids is 1. The van der Waals surface area contributed by atoms with E-state index in [-0.39, 0.29) is 17.0 Å². The Balaban J connectivity index is 1.80. The summed E-state index contributed by atoms with van der Waals surface area (Å²) in [4.78, 5) is 17.6. The Labute approximate surface area is 196 Å². The van der Waals surface area contributed by atoms with Crippen LogP contribution in [0.1, 0.15) is 57.4 Å². The number of fused-ring (bicyclic) bond motifs is 1. The first-order chi connectivity index (χ1) is 14.6. The number of benzene rings is 1. The van der Waals surface area contributed by atoms with E-state index in [1.54, 1.807) is 6.07 Å². The van der Waals surface area contributed by atoms with Gasteiger partial charge in [-0.15, -0.1) is 0 Å². The van der Waals surface area contributed by atoms with E-state index < -0.39 is 11.1 Å². The van der Waals surface area contributed by atoms with E-state index in [4.69, 9.17) is 4.98 Å². The predicted octanol–water partition coefficient (Wildman–Crippen LogP) is 6.52. The fraction of sp³-hybridized carbons (Fsp3) is 0.458. The molecule has 0 fully saturated rings. The summed E-state index contributed by atoms with van der Waals surface area (Å²) in [6.07, 6.45) is 3.40. The smallest absolute Gasteiger partial charge is 0.237 e. The van der Waals surface area contributed by atoms with Gasteiger partial charge in [0.15, 0.2) is 0 Å². The van der Waals surface area contributed by atoms with E-state index in [1.807, 2.05) is 13.0 Å². The van der Waals surface area contributed by atoms with Crippen LogP contribution in [0.4, 0.5) is 10.1 Å². The summed E-state index contributed by atoms with van der Waals surface area (Å²) >= 11 is 4.49. The molecule has 2 atom stereocenters. The molecule has 0 spiro atoms. The zero-order valence-corrected chi connectivity index (χ0v) is 20.7. The maximum Gasteiger partial charge on any atom is 0.237 e. The molecule has 0 radical (unpaired) electrons. The van der Waals surface area contributed by atoms with Crippen LogP contribution in [-0.4, -0.2) is 16.1 Å². The summed E-state index contributed by atoms with van der Waals surface area (Å²) in [6.45, 7) is 8.66. The lowest BCUT2D eigenvalue weighted by atomic mass is 9.71. The Bertz CT molecular complexity index is 1030. The average Bonchev–Trinajstić information content (AvgIpc) is 2.72. The van der Waals surface area contributed by atoms with Gasteiger partial charge in [0.25, 0.3) is 0 Å². The van der Waals surface area contributed by atoms with Crippen LogP contribution < -0.4 is 5.32 Å². The van der Waals surface area contributed by atoms with E-state index in [9.17, 15) is 14.4 Å². The van der Waals surface area contributed by atoms with Gasteiger partial charge in [0.1, 0.15) is 16.9 Å². The summed E-state index contributed by atoms with van der Waals surface area (Å²) in [5.41, 5.74) is 3.02. The molecular weight excluding hydrogens is 477 g/mol. The zero-order valence-electron chi connectivity index (χ0n) is 18.3. The highest BCUT2D eigenvalue weighted by Crippen LogP contribution is 2.38. The SMILES string of the molecule is CCC(Sc1nc2c(cc1C#N)CC(C(C)(C)C)CC2)C(=O)Nc1ccc(Br)cc1F. The number of nitrogens with zero attached hydrogens (tertiary/aromatic N) is 2. The molecule has 2 aromatic rings. The number of amides is 1. The third-order valence-electron chi connectivity index (χ3n) is 5.80. The van der Waals surface area contributed by atoms with Gasteiger partial charge in [0, 0.05) is 10.2 Å². The van der Waals surface area contributed by atoms with Crippen LogP contribution in [0, 0.1) is 28.5 Å². The standard InChI is InChI=1S/C24H27BrFN3OS/c1-5-21(22(30)28-20-9-7-17(25)12-18(20)26)31-23-15(13-27)10-14-11-16(24(2,3)4)6-8-19(14)29-23/h7,9-10,12,16,21H,5-6,8,11H2,1-4H3,(H,28,30). The Kier molecular flexibility index (Phi) is 7.43. The molecule has 3 rings (SSSR count). The third-order valence-corrected chi connectivity index (χ3v) is 7.66. The summed E-state index contributed by atoms with van der Waals surface area (Å²) in [6, 6.07) is 8.71. The second-order valence-corrected chi connectivity index (χ2v) is 11.1. The van der Waals surface area contributed by atoms with Gasteiger partial charge in [-0.25, -0.2) is 9.37 Å². The van der Waals surface area contributed by atoms with Crippen molar-refractivity contribution in [1.82, 2.24) is 4.98 Å². The summed E-state index contributed by atoms with van der Waals surface area (Å²) in [5, 5.41) is 12.5. The number of nitriles is 1. The second kappa shape index (κ2) is 9.70. The van der Waals surface area contributed by atoms with Crippen LogP contribution in [-0.2, 0) is 17.6 Å². The van der Waals surface area contributed by atoms with Gasteiger partial charge in [0.05, 0.1) is 16.5 Å². The minimum Gasteiger partial charge on any atom is -0.323 e. The predicted molar refractivity (Wildman–Crippen MR) is 127 cm³/mol. The summed E-state index contributed by atoms with van der Waals surface area (Å²) in [5.74, 6) is -0.243. The maximum atomic E-state index is 14.1. The fourth-order valence-corrected chi connectivity index (χ4v) is 5.15. The number of pyridine rings is 1. The van der Waals surface area contributed by atoms with Crippen molar-refractivity contribution in [2.75, 3.05) is 5.32 Å². The van der Waals surface area contributed by atoms with E-state index in [2.05, 4.69) is 48.1 Å². The van der Waals surface area contributed by atoms with Crippen molar-refractivity contribution in [3.05, 3.63) is 51.4 Å². The number of hydrogen-bond acceptors (Lipinski definition) is 4. The molecule has 1 amide bonds. The largest absolute Gasteiger partial charge is 0.323 e. The summed E-state index contributed by atoms with van der Waals surface area (Å²) in [7, 11) is 0. The lowest BCUT2D eigenvalue weighted by molar-refractivity contribution is -0.115. The van der Waals surface area contributed by atoms with E-state index >= 15 is 0 Å². The van der Waals surface area contributed by atoms with Crippen LogP contribution in [0.3, 0.4) is 0 Å². The number of nitrogens with one attached hydrogen (secondary N) is 1. The molecule has 0 bridgehead atoms. The van der Waals surface area contributed by atoms with Crippen molar-refractivity contribution >= 4 is 39.3 Å². The molecule has 1 aromatic carbocycles. The Hall–Kier alpha value is -1.91. The van der Waals surface area contributed by atoms with Crippen LogP contribution in [0.2, 0.25) is 0 Å². The number of aryl methyl sites for hydroxylation is 1. The van der Waals surface area contributed by atoms with Crippen LogP contribution in [0.25, 0.3) is 0 Å². The quantitative estimate of drug-likeness (QED) is 0.471. The van der Waals surface area contributed by atoms with Crippen molar-refractivity contribution in [1.29, 1.82) is 5.26 Å². The number of halogens is 2. The van der Waals surface area contributed by atoms with Crippen molar-refractivity contribution in [3.8, 4) is 6.07 Å². The van der Waals surface area contributed by atoms with Crippen LogP contribution in [0.5, 0.6) is 0 Å². The number of carbonyl (C=O) groups is 1. The normalized spacial score (nSPS) is 16.9. The number of anilines is 1. The van der Waals surface area contributed by atoms with Gasteiger partial charge in [-0.2, -0.15) is 5.26 Å². The molecule has 2 unspecified atom stereocenters. The highest BCUT2D eigenvalue weighted by molar-refractivity contribution is 9.10. The van der Waals surface area contributed by atoms with Gasteiger partial charge >= 0.3 is 0 Å². The van der Waals surface area contributed by atoms with Crippen molar-refractivity contribution < 1.29 is 9.18 Å². The molecule has 4 nitrogen and oxygen atoms in total. The molecule has 0 saturated carbocycles. The third kappa shape index (κ3) is 5.67. The van der Waals surface area contributed by atoms with E-state index in [0.717, 1.165) is 30.5 Å². The number of thioether (sulfide) groups is 1. The molecule has 1 aliphatic rings. The van der Waals surface area contributed by atoms with Crippen LogP contribution >= 0.6 is 27.7 Å². The van der Waals surface area contributed by atoms with E-state index in [0.29, 0.717) is 27.4 Å².